The average Bonchev–Trinajstić information content (AvgIpc) is 2.62. The fourth-order valence-electron chi connectivity index (χ4n) is 1.77. The summed E-state index contributed by atoms with van der Waals surface area (Å²) in [5.74, 6) is -0.947. The molecule has 21 heavy (non-hydrogen) atoms. The first-order chi connectivity index (χ1) is 9.60. The Morgan fingerprint density at radius 1 is 1.48 bits per heavy atom. The first-order valence-corrected chi connectivity index (χ1v) is 6.53. The Hall–Kier alpha value is -2.09. The van der Waals surface area contributed by atoms with Crippen molar-refractivity contribution in [2.75, 3.05) is 19.6 Å². The second kappa shape index (κ2) is 6.57. The second-order valence-electron chi connectivity index (χ2n) is 5.65. The first-order valence-electron chi connectivity index (χ1n) is 6.53. The second-order valence-corrected chi connectivity index (χ2v) is 5.65. The van der Waals surface area contributed by atoms with Gasteiger partial charge in [0, 0.05) is 19.2 Å². The van der Waals surface area contributed by atoms with Crippen LogP contribution in [0.3, 0.4) is 0 Å². The summed E-state index contributed by atoms with van der Waals surface area (Å²) in [6.45, 7) is 4.93. The van der Waals surface area contributed by atoms with E-state index < -0.39 is 23.8 Å². The van der Waals surface area contributed by atoms with E-state index in [1.807, 2.05) is 0 Å². The van der Waals surface area contributed by atoms with E-state index in [1.165, 1.54) is 12.2 Å². The molecule has 3 N–H and O–H groups in total. The number of carbonyl (C=O) groups excluding carboxylic acids is 3. The summed E-state index contributed by atoms with van der Waals surface area (Å²) in [5, 5.41) is 9.54. The number of urea groups is 1. The summed E-state index contributed by atoms with van der Waals surface area (Å²) in [6.07, 6.45) is 1.56. The number of amides is 3. The van der Waals surface area contributed by atoms with Gasteiger partial charge < -0.3 is 25.4 Å². The molecule has 3 amide bonds. The molecule has 0 saturated carbocycles. The summed E-state index contributed by atoms with van der Waals surface area (Å²) in [4.78, 5) is 36.7. The summed E-state index contributed by atoms with van der Waals surface area (Å²) in [7, 11) is 0. The third-order valence-corrected chi connectivity index (χ3v) is 2.68. The van der Waals surface area contributed by atoms with Crippen LogP contribution in [0.4, 0.5) is 4.79 Å². The number of rotatable bonds is 5. The zero-order valence-electron chi connectivity index (χ0n) is 12.4. The van der Waals surface area contributed by atoms with Crippen molar-refractivity contribution >= 4 is 17.9 Å². The highest BCUT2D eigenvalue weighted by Crippen LogP contribution is 2.09. The molecule has 8 heteroatoms. The van der Waals surface area contributed by atoms with Crippen molar-refractivity contribution in [3.63, 3.8) is 0 Å². The highest BCUT2D eigenvalue weighted by atomic mass is 16.6. The lowest BCUT2D eigenvalue weighted by atomic mass is 10.2. The molecule has 1 atom stereocenters. The number of hydrogen-bond acceptors (Lipinski definition) is 5. The molecule has 118 valence electrons. The lowest BCUT2D eigenvalue weighted by Gasteiger charge is -2.26. The molecule has 0 aliphatic carbocycles. The average molecular weight is 299 g/mol. The van der Waals surface area contributed by atoms with Gasteiger partial charge >= 0.3 is 12.0 Å². The molecule has 0 aromatic heterocycles. The summed E-state index contributed by atoms with van der Waals surface area (Å²) >= 11 is 0. The van der Waals surface area contributed by atoms with Crippen LogP contribution in [0.15, 0.2) is 12.2 Å². The minimum atomic E-state index is -1.02. The maximum absolute atomic E-state index is 11.7. The molecule has 1 aliphatic heterocycles. The van der Waals surface area contributed by atoms with E-state index in [0.29, 0.717) is 0 Å². The molecule has 0 saturated heterocycles. The molecule has 8 nitrogen and oxygen atoms in total. The molecular formula is C13H21N3O5. The number of carbonyl (C=O) groups is 3. The molecule has 0 fully saturated rings. The Morgan fingerprint density at radius 2 is 2.10 bits per heavy atom. The highest BCUT2D eigenvalue weighted by Gasteiger charge is 2.26. The molecule has 0 aromatic carbocycles. The van der Waals surface area contributed by atoms with Crippen molar-refractivity contribution in [3.05, 3.63) is 12.2 Å². The Balaban J connectivity index is 2.53. The van der Waals surface area contributed by atoms with Gasteiger partial charge in [-0.15, -0.1) is 0 Å². The van der Waals surface area contributed by atoms with Crippen LogP contribution >= 0.6 is 0 Å². The van der Waals surface area contributed by atoms with Gasteiger partial charge in [0.15, 0.2) is 0 Å². The van der Waals surface area contributed by atoms with Gasteiger partial charge in [-0.2, -0.15) is 0 Å². The van der Waals surface area contributed by atoms with Gasteiger partial charge in [0.05, 0.1) is 0 Å². The molecule has 0 radical (unpaired) electrons. The lowest BCUT2D eigenvalue weighted by Crippen LogP contribution is -2.47. The number of primary amides is 1. The van der Waals surface area contributed by atoms with Crippen LogP contribution < -0.4 is 5.73 Å². The smallest absolute Gasteiger partial charge is 0.326 e. The van der Waals surface area contributed by atoms with Gasteiger partial charge in [0.2, 0.25) is 5.91 Å². The number of hydrogen-bond donors (Lipinski definition) is 2. The van der Waals surface area contributed by atoms with Gasteiger partial charge in [-0.3, -0.25) is 9.59 Å². The van der Waals surface area contributed by atoms with Crippen LogP contribution in [0.1, 0.15) is 20.8 Å². The van der Waals surface area contributed by atoms with Gasteiger partial charge in [-0.25, -0.2) is 4.79 Å². The third kappa shape index (κ3) is 5.42. The number of aliphatic hydroxyl groups excluding tert-OH is 1. The summed E-state index contributed by atoms with van der Waals surface area (Å²) in [6, 6.07) is -0.796. The monoisotopic (exact) mass is 299 g/mol. The zero-order valence-corrected chi connectivity index (χ0v) is 12.4. The van der Waals surface area contributed by atoms with Gasteiger partial charge in [0.25, 0.3) is 0 Å². The Morgan fingerprint density at radius 3 is 2.52 bits per heavy atom. The molecule has 1 aliphatic rings. The van der Waals surface area contributed by atoms with Crippen molar-refractivity contribution in [1.29, 1.82) is 0 Å². The molecule has 0 spiro atoms. The summed E-state index contributed by atoms with van der Waals surface area (Å²) in [5.41, 5.74) is 4.54. The van der Waals surface area contributed by atoms with Crippen LogP contribution in [0.5, 0.6) is 0 Å². The van der Waals surface area contributed by atoms with E-state index in [0.717, 1.165) is 9.80 Å². The van der Waals surface area contributed by atoms with Gasteiger partial charge in [-0.05, 0) is 26.8 Å². The van der Waals surface area contributed by atoms with Crippen molar-refractivity contribution in [1.82, 2.24) is 9.80 Å². The fourth-order valence-corrected chi connectivity index (χ4v) is 1.77. The largest absolute Gasteiger partial charge is 0.459 e. The van der Waals surface area contributed by atoms with E-state index in [-0.39, 0.29) is 25.5 Å². The quantitative estimate of drug-likeness (QED) is 0.660. The minimum absolute atomic E-state index is 0.0268. The SMILES string of the molecule is CC(C)(C)OC(=O)CN(CCN1C(=O)C=CC1O)C(N)=O. The van der Waals surface area contributed by atoms with Crippen molar-refractivity contribution in [3.8, 4) is 0 Å². The first kappa shape index (κ1) is 17.0. The third-order valence-electron chi connectivity index (χ3n) is 2.68. The van der Waals surface area contributed by atoms with E-state index >= 15 is 0 Å². The van der Waals surface area contributed by atoms with Gasteiger partial charge in [0.1, 0.15) is 18.4 Å². The van der Waals surface area contributed by atoms with Crippen molar-refractivity contribution < 1.29 is 24.2 Å². The Labute approximate surface area is 123 Å². The van der Waals surface area contributed by atoms with Crippen LogP contribution in [-0.2, 0) is 14.3 Å². The van der Waals surface area contributed by atoms with Crippen molar-refractivity contribution in [2.24, 2.45) is 5.73 Å². The van der Waals surface area contributed by atoms with E-state index in [2.05, 4.69) is 0 Å². The minimum Gasteiger partial charge on any atom is -0.459 e. The normalized spacial score (nSPS) is 18.0. The predicted octanol–water partition coefficient (Wildman–Crippen LogP) is -0.574. The standard InChI is InChI=1S/C13H21N3O5/c1-13(2,3)21-11(19)8-15(12(14)20)6-7-16-9(17)4-5-10(16)18/h4-5,9,17H,6-8H2,1-3H3,(H2,14,20). The molecule has 0 bridgehead atoms. The summed E-state index contributed by atoms with van der Waals surface area (Å²) < 4.78 is 5.10. The fraction of sp³-hybridized carbons (Fsp3) is 0.615. The van der Waals surface area contributed by atoms with Gasteiger partial charge in [-0.1, -0.05) is 0 Å². The molecule has 1 heterocycles. The van der Waals surface area contributed by atoms with Crippen LogP contribution in [0.25, 0.3) is 0 Å². The number of esters is 1. The molecule has 1 rings (SSSR count). The number of aliphatic hydroxyl groups is 1. The predicted molar refractivity (Wildman–Crippen MR) is 73.9 cm³/mol. The topological polar surface area (TPSA) is 113 Å². The number of ether oxygens (including phenoxy) is 1. The number of nitrogens with two attached hydrogens (primary N) is 1. The van der Waals surface area contributed by atoms with Crippen LogP contribution in [0, 0.1) is 0 Å². The molecule has 0 aromatic rings. The number of nitrogens with zero attached hydrogens (tertiary/aromatic N) is 2. The molecular weight excluding hydrogens is 278 g/mol. The Kier molecular flexibility index (Phi) is 5.31. The van der Waals surface area contributed by atoms with Crippen molar-refractivity contribution in [2.45, 2.75) is 32.6 Å². The van der Waals surface area contributed by atoms with E-state index in [1.54, 1.807) is 20.8 Å². The zero-order chi connectivity index (χ0) is 16.2. The Bertz CT molecular complexity index is 455. The lowest BCUT2D eigenvalue weighted by molar-refractivity contribution is -0.155. The highest BCUT2D eigenvalue weighted by molar-refractivity contribution is 5.90. The van der Waals surface area contributed by atoms with E-state index in [4.69, 9.17) is 10.5 Å². The maximum atomic E-state index is 11.7. The van der Waals surface area contributed by atoms with Crippen LogP contribution in [0.2, 0.25) is 0 Å². The van der Waals surface area contributed by atoms with Crippen LogP contribution in [-0.4, -0.2) is 64.3 Å². The van der Waals surface area contributed by atoms with E-state index in [9.17, 15) is 19.5 Å². The molecule has 1 unspecified atom stereocenters. The maximum Gasteiger partial charge on any atom is 0.326 e.